The molecule has 4 rings (SSSR count). The summed E-state index contributed by atoms with van der Waals surface area (Å²) in [5.74, 6) is 1.03. The molecular weight excluding hydrogens is 457 g/mol. The second-order valence-electron chi connectivity index (χ2n) is 8.99. The van der Waals surface area contributed by atoms with Gasteiger partial charge in [0.2, 0.25) is 0 Å². The maximum atomic E-state index is 14.4. The van der Waals surface area contributed by atoms with Crippen LogP contribution in [0, 0.1) is 5.41 Å². The lowest BCUT2D eigenvalue weighted by atomic mass is 9.98. The van der Waals surface area contributed by atoms with Gasteiger partial charge in [-0.15, -0.1) is 0 Å². The van der Waals surface area contributed by atoms with Gasteiger partial charge < -0.3 is 25.7 Å². The lowest BCUT2D eigenvalue weighted by Crippen LogP contribution is -2.51. The standard InChI is InChI=1S/C28H32FN5O2/c1-4-18-13-19(6-8-23(18)28(35)33-25-10-12-34(3)17-24(25)29)27-15-22(9-11-32-27)36-21-7-5-20(16-30)26(14-21)31-2/h5-9,11,13-16,24-25,30-31H,4,10,12,17H2,1-3H3,(H,33,35)/t24-,25+/m1/s1. The first-order valence-corrected chi connectivity index (χ1v) is 12.1. The molecule has 2 atom stereocenters. The third kappa shape index (κ3) is 5.71. The summed E-state index contributed by atoms with van der Waals surface area (Å²) in [7, 11) is 3.69. The monoisotopic (exact) mass is 489 g/mol. The number of hydrogen-bond acceptors (Lipinski definition) is 6. The number of nitrogens with one attached hydrogen (secondary N) is 3. The molecule has 2 heterocycles. The van der Waals surface area contributed by atoms with Gasteiger partial charge in [-0.05, 0) is 55.8 Å². The number of carbonyl (C=O) groups is 1. The number of hydrogen-bond donors (Lipinski definition) is 3. The number of ether oxygens (including phenoxy) is 1. The van der Waals surface area contributed by atoms with Crippen LogP contribution in [0.5, 0.6) is 11.5 Å². The highest BCUT2D eigenvalue weighted by Gasteiger charge is 2.29. The van der Waals surface area contributed by atoms with Crippen molar-refractivity contribution >= 4 is 17.8 Å². The predicted molar refractivity (Wildman–Crippen MR) is 141 cm³/mol. The van der Waals surface area contributed by atoms with E-state index in [1.807, 2.05) is 55.3 Å². The first kappa shape index (κ1) is 25.3. The molecule has 1 saturated heterocycles. The Morgan fingerprint density at radius 2 is 2.03 bits per heavy atom. The minimum Gasteiger partial charge on any atom is -0.457 e. The van der Waals surface area contributed by atoms with Crippen LogP contribution >= 0.6 is 0 Å². The van der Waals surface area contributed by atoms with Crippen molar-refractivity contribution in [3.05, 3.63) is 71.4 Å². The Balaban J connectivity index is 1.52. The fraction of sp³-hybridized carbons (Fsp3) is 0.321. The van der Waals surface area contributed by atoms with Crippen LogP contribution in [0.4, 0.5) is 10.1 Å². The van der Waals surface area contributed by atoms with Crippen molar-refractivity contribution in [3.63, 3.8) is 0 Å². The first-order chi connectivity index (χ1) is 17.4. The van der Waals surface area contributed by atoms with E-state index in [1.54, 1.807) is 25.4 Å². The molecule has 0 unspecified atom stereocenters. The van der Waals surface area contributed by atoms with Gasteiger partial charge in [0.15, 0.2) is 0 Å². The number of anilines is 1. The van der Waals surface area contributed by atoms with E-state index in [4.69, 9.17) is 10.1 Å². The number of piperidine rings is 1. The van der Waals surface area contributed by atoms with Crippen LogP contribution in [-0.4, -0.2) is 61.4 Å². The molecule has 1 amide bonds. The average molecular weight is 490 g/mol. The lowest BCUT2D eigenvalue weighted by molar-refractivity contribution is 0.0821. The van der Waals surface area contributed by atoms with Crippen LogP contribution in [0.1, 0.15) is 34.8 Å². The van der Waals surface area contributed by atoms with Crippen LogP contribution in [-0.2, 0) is 6.42 Å². The highest BCUT2D eigenvalue weighted by molar-refractivity contribution is 5.96. The van der Waals surface area contributed by atoms with Gasteiger partial charge in [-0.25, -0.2) is 4.39 Å². The van der Waals surface area contributed by atoms with Crippen molar-refractivity contribution in [3.8, 4) is 22.8 Å². The quantitative estimate of drug-likeness (QED) is 0.391. The number of carbonyl (C=O) groups excluding carboxylic acids is 1. The van der Waals surface area contributed by atoms with E-state index in [-0.39, 0.29) is 5.91 Å². The minimum atomic E-state index is -1.07. The van der Waals surface area contributed by atoms with E-state index in [2.05, 4.69) is 15.6 Å². The number of aromatic nitrogens is 1. The van der Waals surface area contributed by atoms with E-state index >= 15 is 0 Å². The zero-order chi connectivity index (χ0) is 25.7. The Kier molecular flexibility index (Phi) is 7.95. The third-order valence-electron chi connectivity index (χ3n) is 6.50. The number of rotatable bonds is 8. The highest BCUT2D eigenvalue weighted by Crippen LogP contribution is 2.29. The van der Waals surface area contributed by atoms with Crippen LogP contribution < -0.4 is 15.4 Å². The second kappa shape index (κ2) is 11.3. The topological polar surface area (TPSA) is 90.3 Å². The molecule has 3 aromatic rings. The van der Waals surface area contributed by atoms with E-state index in [0.29, 0.717) is 36.4 Å². The molecule has 1 aromatic heterocycles. The van der Waals surface area contributed by atoms with Crippen LogP contribution in [0.2, 0.25) is 0 Å². The molecule has 1 fully saturated rings. The summed E-state index contributed by atoms with van der Waals surface area (Å²) in [5.41, 5.74) is 4.60. The van der Waals surface area contributed by atoms with Gasteiger partial charge in [-0.3, -0.25) is 9.78 Å². The molecule has 1 aliphatic rings. The maximum Gasteiger partial charge on any atom is 0.251 e. The summed E-state index contributed by atoms with van der Waals surface area (Å²) in [6, 6.07) is 14.3. The summed E-state index contributed by atoms with van der Waals surface area (Å²) in [5, 5.41) is 13.5. The summed E-state index contributed by atoms with van der Waals surface area (Å²) < 4.78 is 20.5. The Labute approximate surface area is 211 Å². The number of likely N-dealkylation sites (tertiary alicyclic amines) is 1. The molecule has 188 valence electrons. The normalized spacial score (nSPS) is 17.9. The SMILES string of the molecule is CCc1cc(-c2cc(Oc3ccc(C=N)c(NC)c3)ccn2)ccc1C(=O)N[C@H]1CCN(C)C[C@H]1F. The third-order valence-corrected chi connectivity index (χ3v) is 6.50. The molecular formula is C28H32FN5O2. The second-order valence-corrected chi connectivity index (χ2v) is 8.99. The van der Waals surface area contributed by atoms with Crippen LogP contribution in [0.3, 0.4) is 0 Å². The summed E-state index contributed by atoms with van der Waals surface area (Å²) in [6.45, 7) is 3.09. The van der Waals surface area contributed by atoms with E-state index in [9.17, 15) is 9.18 Å². The molecule has 3 N–H and O–H groups in total. The number of halogens is 1. The van der Waals surface area contributed by atoms with Gasteiger partial charge in [0.1, 0.15) is 17.7 Å². The molecule has 0 spiro atoms. The van der Waals surface area contributed by atoms with Gasteiger partial charge in [0, 0.05) is 67.1 Å². The van der Waals surface area contributed by atoms with Crippen LogP contribution in [0.15, 0.2) is 54.7 Å². The number of aryl methyl sites for hydroxylation is 1. The molecule has 36 heavy (non-hydrogen) atoms. The van der Waals surface area contributed by atoms with E-state index < -0.39 is 12.2 Å². The van der Waals surface area contributed by atoms with Crippen molar-refractivity contribution < 1.29 is 13.9 Å². The molecule has 0 aliphatic carbocycles. The fourth-order valence-corrected chi connectivity index (χ4v) is 4.44. The highest BCUT2D eigenvalue weighted by atomic mass is 19.1. The number of nitrogens with zero attached hydrogens (tertiary/aromatic N) is 2. The molecule has 7 nitrogen and oxygen atoms in total. The van der Waals surface area contributed by atoms with E-state index in [1.165, 1.54) is 6.21 Å². The van der Waals surface area contributed by atoms with Crippen molar-refractivity contribution in [1.29, 1.82) is 5.41 Å². The molecule has 0 saturated carbocycles. The van der Waals surface area contributed by atoms with Crippen LogP contribution in [0.25, 0.3) is 11.3 Å². The molecule has 0 bridgehead atoms. The molecule has 1 aliphatic heterocycles. The molecule has 8 heteroatoms. The number of benzene rings is 2. The number of amides is 1. The number of pyridine rings is 1. The van der Waals surface area contributed by atoms with Gasteiger partial charge in [-0.1, -0.05) is 13.0 Å². The van der Waals surface area contributed by atoms with Gasteiger partial charge in [0.05, 0.1) is 11.7 Å². The molecule has 2 aromatic carbocycles. The lowest BCUT2D eigenvalue weighted by Gasteiger charge is -2.32. The van der Waals surface area contributed by atoms with Gasteiger partial charge in [0.25, 0.3) is 5.91 Å². The zero-order valence-corrected chi connectivity index (χ0v) is 20.8. The largest absolute Gasteiger partial charge is 0.457 e. The Morgan fingerprint density at radius 3 is 2.75 bits per heavy atom. The van der Waals surface area contributed by atoms with Gasteiger partial charge in [-0.2, -0.15) is 0 Å². The van der Waals surface area contributed by atoms with Gasteiger partial charge >= 0.3 is 0 Å². The predicted octanol–water partition coefficient (Wildman–Crippen LogP) is 4.91. The van der Waals surface area contributed by atoms with Crippen molar-refractivity contribution in [2.24, 2.45) is 0 Å². The average Bonchev–Trinajstić information content (AvgIpc) is 2.89. The summed E-state index contributed by atoms with van der Waals surface area (Å²) >= 11 is 0. The van der Waals surface area contributed by atoms with Crippen molar-refractivity contribution in [2.45, 2.75) is 32.0 Å². The van der Waals surface area contributed by atoms with Crippen molar-refractivity contribution in [1.82, 2.24) is 15.2 Å². The van der Waals surface area contributed by atoms with E-state index in [0.717, 1.165) is 34.6 Å². The first-order valence-electron chi connectivity index (χ1n) is 12.1. The zero-order valence-electron chi connectivity index (χ0n) is 20.8. The van der Waals surface area contributed by atoms with Crippen molar-refractivity contribution in [2.75, 3.05) is 32.5 Å². The summed E-state index contributed by atoms with van der Waals surface area (Å²) in [4.78, 5) is 19.4. The maximum absolute atomic E-state index is 14.4. The Hall–Kier alpha value is -3.78. The Morgan fingerprint density at radius 1 is 1.22 bits per heavy atom. The minimum absolute atomic E-state index is 0.241. The fourth-order valence-electron chi connectivity index (χ4n) is 4.44. The number of alkyl halides is 1. The molecule has 0 radical (unpaired) electrons. The summed E-state index contributed by atoms with van der Waals surface area (Å²) in [6.07, 6.45) is 3.15. The smallest absolute Gasteiger partial charge is 0.251 e. The Bertz CT molecular complexity index is 1250.